The summed E-state index contributed by atoms with van der Waals surface area (Å²) >= 11 is 1.75. The summed E-state index contributed by atoms with van der Waals surface area (Å²) in [4.78, 5) is 7.27. The normalized spacial score (nSPS) is 16.4. The van der Waals surface area contributed by atoms with Gasteiger partial charge in [-0.1, -0.05) is 6.92 Å². The van der Waals surface area contributed by atoms with Gasteiger partial charge in [0.05, 0.1) is 6.61 Å². The fourth-order valence-corrected chi connectivity index (χ4v) is 3.46. The largest absolute Gasteiger partial charge is 0.383 e. The summed E-state index contributed by atoms with van der Waals surface area (Å²) in [6.45, 7) is 9.81. The monoisotopic (exact) mass is 352 g/mol. The molecule has 1 aliphatic rings. The number of thiophene rings is 1. The number of nitrogens with one attached hydrogen (secondary N) is 2. The number of aliphatic imine (C=N–C) groups is 1. The minimum Gasteiger partial charge on any atom is -0.383 e. The quantitative estimate of drug-likeness (QED) is 0.475. The molecule has 0 aliphatic heterocycles. The van der Waals surface area contributed by atoms with Crippen LogP contribution in [0, 0.1) is 0 Å². The number of hydrogen-bond donors (Lipinski definition) is 2. The number of methoxy groups -OCH3 is 1. The van der Waals surface area contributed by atoms with Crippen LogP contribution in [0.5, 0.6) is 0 Å². The van der Waals surface area contributed by atoms with Crippen molar-refractivity contribution in [2.24, 2.45) is 4.99 Å². The molecular formula is C18H32N4OS. The van der Waals surface area contributed by atoms with Crippen molar-refractivity contribution in [1.29, 1.82) is 0 Å². The van der Waals surface area contributed by atoms with Gasteiger partial charge < -0.3 is 15.4 Å². The highest BCUT2D eigenvalue weighted by molar-refractivity contribution is 7.07. The highest BCUT2D eigenvalue weighted by Crippen LogP contribution is 2.26. The van der Waals surface area contributed by atoms with Crippen LogP contribution in [0.15, 0.2) is 21.8 Å². The molecule has 1 unspecified atom stereocenters. The van der Waals surface area contributed by atoms with Gasteiger partial charge in [-0.25, -0.2) is 0 Å². The summed E-state index contributed by atoms with van der Waals surface area (Å²) < 4.78 is 5.22. The first-order chi connectivity index (χ1) is 11.7. The highest BCUT2D eigenvalue weighted by atomic mass is 32.1. The molecule has 1 aromatic rings. The van der Waals surface area contributed by atoms with Crippen molar-refractivity contribution in [3.63, 3.8) is 0 Å². The lowest BCUT2D eigenvalue weighted by atomic mass is 10.1. The van der Waals surface area contributed by atoms with Crippen LogP contribution in [0.2, 0.25) is 0 Å². The van der Waals surface area contributed by atoms with Crippen LogP contribution in [0.3, 0.4) is 0 Å². The van der Waals surface area contributed by atoms with Crippen LogP contribution in [-0.4, -0.2) is 63.3 Å². The van der Waals surface area contributed by atoms with Crippen LogP contribution in [0.25, 0.3) is 0 Å². The molecule has 2 rings (SSSR count). The molecule has 5 nitrogen and oxygen atoms in total. The fraction of sp³-hybridized carbons (Fsp3) is 0.722. The summed E-state index contributed by atoms with van der Waals surface area (Å²) in [5, 5.41) is 11.2. The summed E-state index contributed by atoms with van der Waals surface area (Å²) in [6, 6.07) is 2.95. The smallest absolute Gasteiger partial charge is 0.191 e. The summed E-state index contributed by atoms with van der Waals surface area (Å²) in [5.74, 6) is 1.37. The predicted octanol–water partition coefficient (Wildman–Crippen LogP) is 2.52. The average molecular weight is 353 g/mol. The maximum absolute atomic E-state index is 5.22. The van der Waals surface area contributed by atoms with Gasteiger partial charge in [0, 0.05) is 51.8 Å². The third kappa shape index (κ3) is 6.79. The van der Waals surface area contributed by atoms with Crippen LogP contribution < -0.4 is 10.6 Å². The minimum absolute atomic E-state index is 0.455. The Kier molecular flexibility index (Phi) is 8.56. The molecule has 1 fully saturated rings. The average Bonchev–Trinajstić information content (AvgIpc) is 3.28. The molecule has 1 heterocycles. The first kappa shape index (κ1) is 19.2. The zero-order chi connectivity index (χ0) is 17.2. The van der Waals surface area contributed by atoms with Crippen molar-refractivity contribution >= 4 is 17.3 Å². The maximum atomic E-state index is 5.22. The molecule has 0 radical (unpaired) electrons. The molecule has 1 atom stereocenters. The number of rotatable bonds is 11. The van der Waals surface area contributed by atoms with E-state index < -0.39 is 0 Å². The Morgan fingerprint density at radius 3 is 2.88 bits per heavy atom. The number of ether oxygens (including phenoxy) is 1. The van der Waals surface area contributed by atoms with E-state index in [1.807, 2.05) is 0 Å². The van der Waals surface area contributed by atoms with E-state index in [4.69, 9.17) is 9.73 Å². The van der Waals surface area contributed by atoms with Crippen LogP contribution >= 0.6 is 11.3 Å². The van der Waals surface area contributed by atoms with Gasteiger partial charge in [-0.05, 0) is 42.2 Å². The van der Waals surface area contributed by atoms with Crippen molar-refractivity contribution in [1.82, 2.24) is 15.5 Å². The molecule has 1 aliphatic carbocycles. The molecule has 24 heavy (non-hydrogen) atoms. The zero-order valence-electron chi connectivity index (χ0n) is 15.3. The summed E-state index contributed by atoms with van der Waals surface area (Å²) in [5.41, 5.74) is 1.37. The van der Waals surface area contributed by atoms with Crippen LogP contribution in [-0.2, 0) is 4.74 Å². The SMILES string of the molecule is CCNC(=NCC(C)c1ccsc1)NCCN(CCOC)C1CC1. The molecule has 136 valence electrons. The molecule has 2 N–H and O–H groups in total. The maximum Gasteiger partial charge on any atom is 0.191 e. The lowest BCUT2D eigenvalue weighted by molar-refractivity contribution is 0.144. The molecular weight excluding hydrogens is 320 g/mol. The van der Waals surface area contributed by atoms with E-state index in [1.165, 1.54) is 18.4 Å². The van der Waals surface area contributed by atoms with E-state index in [2.05, 4.69) is 46.2 Å². The second-order valence-electron chi connectivity index (χ2n) is 6.36. The lowest BCUT2D eigenvalue weighted by Crippen LogP contribution is -2.43. The van der Waals surface area contributed by atoms with Crippen LogP contribution in [0.1, 0.15) is 38.2 Å². The van der Waals surface area contributed by atoms with Crippen molar-refractivity contribution in [2.45, 2.75) is 38.6 Å². The molecule has 6 heteroatoms. The topological polar surface area (TPSA) is 48.9 Å². The molecule has 0 spiro atoms. The Morgan fingerprint density at radius 2 is 2.25 bits per heavy atom. The summed E-state index contributed by atoms with van der Waals surface area (Å²) in [7, 11) is 1.77. The van der Waals surface area contributed by atoms with Crippen molar-refractivity contribution in [3.8, 4) is 0 Å². The highest BCUT2D eigenvalue weighted by Gasteiger charge is 2.28. The molecule has 1 saturated carbocycles. The van der Waals surface area contributed by atoms with Gasteiger partial charge in [0.25, 0.3) is 0 Å². The van der Waals surface area contributed by atoms with E-state index >= 15 is 0 Å². The molecule has 0 saturated heterocycles. The zero-order valence-corrected chi connectivity index (χ0v) is 16.1. The number of nitrogens with zero attached hydrogens (tertiary/aromatic N) is 2. The molecule has 0 aromatic carbocycles. The Balaban J connectivity index is 1.76. The first-order valence-electron chi connectivity index (χ1n) is 9.01. The van der Waals surface area contributed by atoms with Gasteiger partial charge >= 0.3 is 0 Å². The van der Waals surface area contributed by atoms with Crippen molar-refractivity contribution in [2.75, 3.05) is 46.4 Å². The number of hydrogen-bond acceptors (Lipinski definition) is 4. The Hall–Kier alpha value is -1.11. The van der Waals surface area contributed by atoms with Gasteiger partial charge in [0.2, 0.25) is 0 Å². The van der Waals surface area contributed by atoms with E-state index in [0.29, 0.717) is 5.92 Å². The van der Waals surface area contributed by atoms with Gasteiger partial charge in [0.15, 0.2) is 5.96 Å². The predicted molar refractivity (Wildman–Crippen MR) is 103 cm³/mol. The second kappa shape index (κ2) is 10.7. The molecule has 1 aromatic heterocycles. The van der Waals surface area contributed by atoms with E-state index in [-0.39, 0.29) is 0 Å². The third-order valence-electron chi connectivity index (χ3n) is 4.32. The Labute approximate surface area is 150 Å². The first-order valence-corrected chi connectivity index (χ1v) is 9.96. The van der Waals surface area contributed by atoms with E-state index in [0.717, 1.165) is 51.3 Å². The minimum atomic E-state index is 0.455. The van der Waals surface area contributed by atoms with E-state index in [1.54, 1.807) is 18.4 Å². The fourth-order valence-electron chi connectivity index (χ4n) is 2.67. The Morgan fingerprint density at radius 1 is 1.42 bits per heavy atom. The van der Waals surface area contributed by atoms with Crippen molar-refractivity contribution < 1.29 is 4.74 Å². The van der Waals surface area contributed by atoms with Crippen LogP contribution in [0.4, 0.5) is 0 Å². The summed E-state index contributed by atoms with van der Waals surface area (Å²) in [6.07, 6.45) is 2.66. The van der Waals surface area contributed by atoms with Gasteiger partial charge in [-0.2, -0.15) is 11.3 Å². The lowest BCUT2D eigenvalue weighted by Gasteiger charge is -2.22. The van der Waals surface area contributed by atoms with Gasteiger partial charge in [0.1, 0.15) is 0 Å². The van der Waals surface area contributed by atoms with Gasteiger partial charge in [-0.3, -0.25) is 9.89 Å². The van der Waals surface area contributed by atoms with E-state index in [9.17, 15) is 0 Å². The van der Waals surface area contributed by atoms with Crippen molar-refractivity contribution in [3.05, 3.63) is 22.4 Å². The Bertz CT molecular complexity index is 473. The van der Waals surface area contributed by atoms with Gasteiger partial charge in [-0.15, -0.1) is 0 Å². The molecule has 0 bridgehead atoms. The molecule has 0 amide bonds. The third-order valence-corrected chi connectivity index (χ3v) is 5.02. The standard InChI is InChI=1S/C18H32N4OS/c1-4-19-18(21-13-15(2)16-7-12-24-14-16)20-8-9-22(10-11-23-3)17-5-6-17/h7,12,14-15,17H,4-6,8-11,13H2,1-3H3,(H2,19,20,21). The number of guanidine groups is 1. The second-order valence-corrected chi connectivity index (χ2v) is 7.14.